The second kappa shape index (κ2) is 6.02. The van der Waals surface area contributed by atoms with Gasteiger partial charge in [0.1, 0.15) is 0 Å². The molecule has 4 heteroatoms. The van der Waals surface area contributed by atoms with Crippen LogP contribution in [0.25, 0.3) is 10.8 Å². The number of nitrogens with two attached hydrogens (primary N) is 1. The van der Waals surface area contributed by atoms with Crippen LogP contribution in [0.15, 0.2) is 54.9 Å². The maximum atomic E-state index is 6.38. The molecule has 21 heavy (non-hydrogen) atoms. The molecule has 3 aromatic rings. The standard InChI is InChI=1S/C17H14Cl2N2/c18-15-5-4-11(8-16(15)19)9-17(20)13-3-1-2-12-6-7-21-10-14(12)13/h1-8,10,17H,9,20H2. The zero-order valence-electron chi connectivity index (χ0n) is 11.3. The summed E-state index contributed by atoms with van der Waals surface area (Å²) in [5, 5.41) is 3.35. The SMILES string of the molecule is NC(Cc1ccc(Cl)c(Cl)c1)c1cccc2ccncc12. The van der Waals surface area contributed by atoms with E-state index in [9.17, 15) is 0 Å². The Balaban J connectivity index is 1.93. The summed E-state index contributed by atoms with van der Waals surface area (Å²) in [5.74, 6) is 0. The third-order valence-corrected chi connectivity index (χ3v) is 4.30. The molecule has 0 saturated heterocycles. The molecule has 0 aliphatic rings. The Morgan fingerprint density at radius 2 is 1.90 bits per heavy atom. The number of pyridine rings is 1. The van der Waals surface area contributed by atoms with Crippen LogP contribution in [0, 0.1) is 0 Å². The first kappa shape index (κ1) is 14.3. The van der Waals surface area contributed by atoms with Crippen LogP contribution in [0.2, 0.25) is 10.0 Å². The van der Waals surface area contributed by atoms with E-state index >= 15 is 0 Å². The normalized spacial score (nSPS) is 12.5. The van der Waals surface area contributed by atoms with Crippen molar-refractivity contribution in [3.8, 4) is 0 Å². The van der Waals surface area contributed by atoms with Gasteiger partial charge < -0.3 is 5.73 Å². The van der Waals surface area contributed by atoms with Crippen molar-refractivity contribution in [3.05, 3.63) is 76.0 Å². The van der Waals surface area contributed by atoms with Crippen LogP contribution in [0.3, 0.4) is 0 Å². The predicted octanol–water partition coefficient (Wildman–Crippen LogP) is 4.78. The molecule has 2 N–H and O–H groups in total. The van der Waals surface area contributed by atoms with Gasteiger partial charge in [-0.25, -0.2) is 0 Å². The van der Waals surface area contributed by atoms with E-state index in [-0.39, 0.29) is 6.04 Å². The molecule has 1 aromatic heterocycles. The smallest absolute Gasteiger partial charge is 0.0595 e. The van der Waals surface area contributed by atoms with Crippen molar-refractivity contribution in [2.24, 2.45) is 5.73 Å². The van der Waals surface area contributed by atoms with Crippen LogP contribution in [0.5, 0.6) is 0 Å². The lowest BCUT2D eigenvalue weighted by Crippen LogP contribution is -2.13. The monoisotopic (exact) mass is 316 g/mol. The van der Waals surface area contributed by atoms with Crippen molar-refractivity contribution in [1.82, 2.24) is 4.98 Å². The fourth-order valence-electron chi connectivity index (χ4n) is 2.49. The fourth-order valence-corrected chi connectivity index (χ4v) is 2.81. The summed E-state index contributed by atoms with van der Waals surface area (Å²) in [6.07, 6.45) is 4.35. The Labute approximate surface area is 133 Å². The first-order valence-corrected chi connectivity index (χ1v) is 7.43. The molecule has 0 aliphatic carbocycles. The number of fused-ring (bicyclic) bond motifs is 1. The number of aromatic nitrogens is 1. The van der Waals surface area contributed by atoms with Gasteiger partial charge in [0.25, 0.3) is 0 Å². The average Bonchev–Trinajstić information content (AvgIpc) is 2.50. The number of benzene rings is 2. The van der Waals surface area contributed by atoms with E-state index in [0.29, 0.717) is 16.5 Å². The predicted molar refractivity (Wildman–Crippen MR) is 88.8 cm³/mol. The van der Waals surface area contributed by atoms with Crippen LogP contribution in [-0.2, 0) is 6.42 Å². The molecule has 0 saturated carbocycles. The Morgan fingerprint density at radius 3 is 2.71 bits per heavy atom. The largest absolute Gasteiger partial charge is 0.324 e. The third kappa shape index (κ3) is 3.03. The molecule has 3 rings (SSSR count). The molecule has 0 radical (unpaired) electrons. The lowest BCUT2D eigenvalue weighted by molar-refractivity contribution is 0.728. The molecule has 1 heterocycles. The number of rotatable bonds is 3. The number of hydrogen-bond donors (Lipinski definition) is 1. The Hall–Kier alpha value is -1.61. The second-order valence-electron chi connectivity index (χ2n) is 5.00. The summed E-state index contributed by atoms with van der Waals surface area (Å²) in [7, 11) is 0. The molecule has 106 valence electrons. The topological polar surface area (TPSA) is 38.9 Å². The molecule has 0 amide bonds. The van der Waals surface area contributed by atoms with Crippen molar-refractivity contribution in [1.29, 1.82) is 0 Å². The highest BCUT2D eigenvalue weighted by atomic mass is 35.5. The van der Waals surface area contributed by atoms with E-state index in [0.717, 1.165) is 21.9 Å². The molecular weight excluding hydrogens is 303 g/mol. The van der Waals surface area contributed by atoms with Gasteiger partial charge in [-0.05, 0) is 41.1 Å². The molecule has 1 atom stereocenters. The molecular formula is C17H14Cl2N2. The van der Waals surface area contributed by atoms with Gasteiger partial charge in [0.2, 0.25) is 0 Å². The van der Waals surface area contributed by atoms with Gasteiger partial charge in [0.15, 0.2) is 0 Å². The number of halogens is 2. The Morgan fingerprint density at radius 1 is 1.05 bits per heavy atom. The summed E-state index contributed by atoms with van der Waals surface area (Å²) in [5.41, 5.74) is 8.53. The van der Waals surface area contributed by atoms with E-state index in [1.54, 1.807) is 12.3 Å². The summed E-state index contributed by atoms with van der Waals surface area (Å²) in [6, 6.07) is 13.6. The maximum Gasteiger partial charge on any atom is 0.0595 e. The summed E-state index contributed by atoms with van der Waals surface area (Å²) in [4.78, 5) is 4.19. The highest BCUT2D eigenvalue weighted by molar-refractivity contribution is 6.42. The van der Waals surface area contributed by atoms with Gasteiger partial charge >= 0.3 is 0 Å². The van der Waals surface area contributed by atoms with Crippen LogP contribution in [-0.4, -0.2) is 4.98 Å². The van der Waals surface area contributed by atoms with Gasteiger partial charge in [0.05, 0.1) is 10.0 Å². The summed E-state index contributed by atoms with van der Waals surface area (Å²) in [6.45, 7) is 0. The minimum absolute atomic E-state index is 0.116. The van der Waals surface area contributed by atoms with Gasteiger partial charge in [-0.3, -0.25) is 4.98 Å². The molecule has 2 aromatic carbocycles. The molecule has 0 fully saturated rings. The van der Waals surface area contributed by atoms with Crippen LogP contribution in [0.4, 0.5) is 0 Å². The lowest BCUT2D eigenvalue weighted by atomic mass is 9.96. The average molecular weight is 317 g/mol. The van der Waals surface area contributed by atoms with E-state index in [2.05, 4.69) is 11.1 Å². The van der Waals surface area contributed by atoms with E-state index in [1.165, 1.54) is 0 Å². The van der Waals surface area contributed by atoms with Gasteiger partial charge in [-0.2, -0.15) is 0 Å². The molecule has 1 unspecified atom stereocenters. The van der Waals surface area contributed by atoms with Crippen molar-refractivity contribution in [2.75, 3.05) is 0 Å². The third-order valence-electron chi connectivity index (χ3n) is 3.56. The lowest BCUT2D eigenvalue weighted by Gasteiger charge is -2.15. The summed E-state index contributed by atoms with van der Waals surface area (Å²) >= 11 is 12.0. The number of hydrogen-bond acceptors (Lipinski definition) is 2. The molecule has 0 spiro atoms. The minimum Gasteiger partial charge on any atom is -0.324 e. The van der Waals surface area contributed by atoms with Gasteiger partial charge in [-0.1, -0.05) is 47.5 Å². The van der Waals surface area contributed by atoms with Crippen molar-refractivity contribution >= 4 is 34.0 Å². The Bertz CT molecular complexity index is 781. The fraction of sp³-hybridized carbons (Fsp3) is 0.118. The van der Waals surface area contributed by atoms with Crippen molar-refractivity contribution in [3.63, 3.8) is 0 Å². The second-order valence-corrected chi connectivity index (χ2v) is 5.82. The zero-order chi connectivity index (χ0) is 14.8. The van der Waals surface area contributed by atoms with Crippen molar-refractivity contribution < 1.29 is 0 Å². The van der Waals surface area contributed by atoms with E-state index in [4.69, 9.17) is 28.9 Å². The quantitative estimate of drug-likeness (QED) is 0.755. The highest BCUT2D eigenvalue weighted by Crippen LogP contribution is 2.27. The van der Waals surface area contributed by atoms with Crippen molar-refractivity contribution in [2.45, 2.75) is 12.5 Å². The maximum absolute atomic E-state index is 6.38. The first-order valence-electron chi connectivity index (χ1n) is 6.67. The summed E-state index contributed by atoms with van der Waals surface area (Å²) < 4.78 is 0. The Kier molecular flexibility index (Phi) is 4.11. The van der Waals surface area contributed by atoms with Gasteiger partial charge in [-0.15, -0.1) is 0 Å². The number of nitrogens with zero attached hydrogens (tertiary/aromatic N) is 1. The van der Waals surface area contributed by atoms with Crippen LogP contribution in [0.1, 0.15) is 17.2 Å². The molecule has 0 bridgehead atoms. The molecule has 2 nitrogen and oxygen atoms in total. The van der Waals surface area contributed by atoms with Crippen LogP contribution >= 0.6 is 23.2 Å². The van der Waals surface area contributed by atoms with Crippen LogP contribution < -0.4 is 5.73 Å². The zero-order valence-corrected chi connectivity index (χ0v) is 12.8. The molecule has 0 aliphatic heterocycles. The van der Waals surface area contributed by atoms with E-state index < -0.39 is 0 Å². The minimum atomic E-state index is -0.116. The van der Waals surface area contributed by atoms with Gasteiger partial charge in [0, 0.05) is 23.8 Å². The highest BCUT2D eigenvalue weighted by Gasteiger charge is 2.11. The van der Waals surface area contributed by atoms with E-state index in [1.807, 2.05) is 36.5 Å². The first-order chi connectivity index (χ1) is 10.1.